The molecule has 3 aromatic carbocycles. The van der Waals surface area contributed by atoms with Gasteiger partial charge in [-0.05, 0) is 34.9 Å². The summed E-state index contributed by atoms with van der Waals surface area (Å²) < 4.78 is 0. The van der Waals surface area contributed by atoms with E-state index in [1.54, 1.807) is 12.1 Å². The van der Waals surface area contributed by atoms with Crippen LogP contribution in [0.25, 0.3) is 10.9 Å². The second-order valence-electron chi connectivity index (χ2n) is 8.45. The monoisotopic (exact) mass is 486 g/mol. The van der Waals surface area contributed by atoms with Gasteiger partial charge in [0, 0.05) is 28.5 Å². The number of hydrogen-bond donors (Lipinski definition) is 3. The zero-order valence-corrected chi connectivity index (χ0v) is 19.5. The predicted molar refractivity (Wildman–Crippen MR) is 134 cm³/mol. The average Bonchev–Trinajstić information content (AvgIpc) is 3.40. The highest BCUT2D eigenvalue weighted by atomic mass is 35.5. The highest BCUT2D eigenvalue weighted by Gasteiger charge is 2.39. The van der Waals surface area contributed by atoms with Crippen LogP contribution >= 0.6 is 11.6 Å². The van der Waals surface area contributed by atoms with Gasteiger partial charge in [-0.25, -0.2) is 4.79 Å². The minimum absolute atomic E-state index is 0.337. The fourth-order valence-corrected chi connectivity index (χ4v) is 4.52. The largest absolute Gasteiger partial charge is 0.361 e. The van der Waals surface area contributed by atoms with Crippen molar-refractivity contribution in [3.63, 3.8) is 0 Å². The maximum absolute atomic E-state index is 13.0. The Balaban J connectivity index is 1.29. The van der Waals surface area contributed by atoms with Gasteiger partial charge in [-0.15, -0.1) is 0 Å². The zero-order chi connectivity index (χ0) is 24.4. The number of imide groups is 1. The van der Waals surface area contributed by atoms with Crippen molar-refractivity contribution < 1.29 is 14.4 Å². The molecule has 4 amide bonds. The topological polar surface area (TPSA) is 94.3 Å². The molecule has 1 aromatic heterocycles. The van der Waals surface area contributed by atoms with Crippen LogP contribution in [-0.2, 0) is 16.0 Å². The lowest BCUT2D eigenvalue weighted by Crippen LogP contribution is -2.42. The van der Waals surface area contributed by atoms with Crippen molar-refractivity contribution >= 4 is 40.3 Å². The number of carbonyl (C=O) groups is 3. The van der Waals surface area contributed by atoms with Crippen LogP contribution in [0, 0.1) is 0 Å². The van der Waals surface area contributed by atoms with Crippen LogP contribution in [0.4, 0.5) is 4.79 Å². The SMILES string of the molecule is O=C(CN1C(=O)N[C@H](Cc2c[nH]c3ccccc23)C1=O)N[C@H](c1ccccc1)c1ccc(Cl)cc1. The quantitative estimate of drug-likeness (QED) is 0.342. The number of aromatic amines is 1. The second kappa shape index (κ2) is 9.64. The minimum Gasteiger partial charge on any atom is -0.361 e. The molecule has 2 heterocycles. The van der Waals surface area contributed by atoms with Crippen molar-refractivity contribution in [1.29, 1.82) is 0 Å². The molecule has 0 bridgehead atoms. The lowest BCUT2D eigenvalue weighted by Gasteiger charge is -2.21. The van der Waals surface area contributed by atoms with E-state index in [0.29, 0.717) is 11.4 Å². The first kappa shape index (κ1) is 22.7. The molecule has 0 unspecified atom stereocenters. The molecule has 1 saturated heterocycles. The third-order valence-corrected chi connectivity index (χ3v) is 6.40. The molecule has 35 heavy (non-hydrogen) atoms. The summed E-state index contributed by atoms with van der Waals surface area (Å²) in [5.74, 6) is -0.858. The van der Waals surface area contributed by atoms with Gasteiger partial charge in [-0.3, -0.25) is 14.5 Å². The van der Waals surface area contributed by atoms with Gasteiger partial charge < -0.3 is 15.6 Å². The van der Waals surface area contributed by atoms with Crippen molar-refractivity contribution in [2.75, 3.05) is 6.54 Å². The van der Waals surface area contributed by atoms with Gasteiger partial charge in [0.05, 0.1) is 6.04 Å². The van der Waals surface area contributed by atoms with Gasteiger partial charge in [0.25, 0.3) is 5.91 Å². The van der Waals surface area contributed by atoms with Crippen molar-refractivity contribution in [3.05, 3.63) is 107 Å². The zero-order valence-electron chi connectivity index (χ0n) is 18.7. The lowest BCUT2D eigenvalue weighted by atomic mass is 9.98. The summed E-state index contributed by atoms with van der Waals surface area (Å²) >= 11 is 6.03. The number of benzene rings is 3. The van der Waals surface area contributed by atoms with E-state index in [-0.39, 0.29) is 6.54 Å². The average molecular weight is 487 g/mol. The molecule has 7 nitrogen and oxygen atoms in total. The molecule has 0 saturated carbocycles. The minimum atomic E-state index is -0.726. The summed E-state index contributed by atoms with van der Waals surface area (Å²) in [7, 11) is 0. The first-order valence-corrected chi connectivity index (χ1v) is 11.6. The third kappa shape index (κ3) is 4.76. The number of hydrogen-bond acceptors (Lipinski definition) is 3. The van der Waals surface area contributed by atoms with Crippen molar-refractivity contribution in [2.45, 2.75) is 18.5 Å². The fraction of sp³-hybridized carbons (Fsp3) is 0.148. The molecule has 1 aliphatic heterocycles. The van der Waals surface area contributed by atoms with Gasteiger partial charge in [0.15, 0.2) is 0 Å². The first-order chi connectivity index (χ1) is 17.0. The van der Waals surface area contributed by atoms with Gasteiger partial charge >= 0.3 is 6.03 Å². The molecule has 3 N–H and O–H groups in total. The van der Waals surface area contributed by atoms with E-state index in [2.05, 4.69) is 15.6 Å². The van der Waals surface area contributed by atoms with Crippen LogP contribution in [-0.4, -0.2) is 40.3 Å². The molecule has 2 atom stereocenters. The maximum atomic E-state index is 13.0. The molecule has 0 aliphatic carbocycles. The second-order valence-corrected chi connectivity index (χ2v) is 8.89. The summed E-state index contributed by atoms with van der Waals surface area (Å²) in [6, 6.07) is 22.7. The number of amides is 4. The highest BCUT2D eigenvalue weighted by molar-refractivity contribution is 6.30. The molecule has 0 radical (unpaired) electrons. The molecule has 5 rings (SSSR count). The van der Waals surface area contributed by atoms with Crippen LogP contribution in [0.1, 0.15) is 22.7 Å². The Labute approximate surface area is 207 Å². The summed E-state index contributed by atoms with van der Waals surface area (Å²) in [4.78, 5) is 42.7. The van der Waals surface area contributed by atoms with E-state index in [0.717, 1.165) is 32.5 Å². The summed E-state index contributed by atoms with van der Waals surface area (Å²) in [5.41, 5.74) is 3.60. The van der Waals surface area contributed by atoms with E-state index in [4.69, 9.17) is 11.6 Å². The molecule has 176 valence electrons. The fourth-order valence-electron chi connectivity index (χ4n) is 4.40. The Kier molecular flexibility index (Phi) is 6.25. The van der Waals surface area contributed by atoms with Crippen LogP contribution in [0.15, 0.2) is 85.1 Å². The van der Waals surface area contributed by atoms with E-state index < -0.39 is 29.9 Å². The Morgan fingerprint density at radius 1 is 0.943 bits per heavy atom. The molecule has 0 spiro atoms. The lowest BCUT2D eigenvalue weighted by molar-refractivity contribution is -0.132. The van der Waals surface area contributed by atoms with Crippen molar-refractivity contribution in [1.82, 2.24) is 20.5 Å². The Morgan fingerprint density at radius 2 is 1.63 bits per heavy atom. The van der Waals surface area contributed by atoms with Gasteiger partial charge in [-0.1, -0.05) is 72.3 Å². The standard InChI is InChI=1S/C27H23ClN4O3/c28-20-12-10-18(11-13-20)25(17-6-2-1-3-7-17)31-24(33)16-32-26(34)23(30-27(32)35)14-19-15-29-22-9-5-4-8-21(19)22/h1-13,15,23,25,29H,14,16H2,(H,30,35)(H,31,33)/t23-,25-/m1/s1. The van der Waals surface area contributed by atoms with Crippen molar-refractivity contribution in [2.24, 2.45) is 0 Å². The molecular weight excluding hydrogens is 464 g/mol. The van der Waals surface area contributed by atoms with Crippen LogP contribution in [0.2, 0.25) is 5.02 Å². The summed E-state index contributed by atoms with van der Waals surface area (Å²) in [6.07, 6.45) is 2.18. The number of nitrogens with one attached hydrogen (secondary N) is 3. The number of carbonyl (C=O) groups excluding carboxylic acids is 3. The van der Waals surface area contributed by atoms with E-state index >= 15 is 0 Å². The third-order valence-electron chi connectivity index (χ3n) is 6.15. The Morgan fingerprint density at radius 3 is 2.40 bits per heavy atom. The molecular formula is C27H23ClN4O3. The number of H-pyrrole nitrogens is 1. The van der Waals surface area contributed by atoms with E-state index in [9.17, 15) is 14.4 Å². The van der Waals surface area contributed by atoms with Crippen LogP contribution in [0.5, 0.6) is 0 Å². The molecule has 1 aliphatic rings. The first-order valence-electron chi connectivity index (χ1n) is 11.3. The maximum Gasteiger partial charge on any atom is 0.325 e. The molecule has 8 heteroatoms. The number of nitrogens with zero attached hydrogens (tertiary/aromatic N) is 1. The summed E-state index contributed by atoms with van der Waals surface area (Å²) in [6.45, 7) is -0.369. The smallest absolute Gasteiger partial charge is 0.325 e. The van der Waals surface area contributed by atoms with Crippen LogP contribution < -0.4 is 10.6 Å². The van der Waals surface area contributed by atoms with Crippen LogP contribution in [0.3, 0.4) is 0 Å². The number of urea groups is 1. The van der Waals surface area contributed by atoms with Gasteiger partial charge in [0.1, 0.15) is 12.6 Å². The summed E-state index contributed by atoms with van der Waals surface area (Å²) in [5, 5.41) is 7.26. The van der Waals surface area contributed by atoms with E-state index in [1.165, 1.54) is 0 Å². The molecule has 1 fully saturated rings. The number of fused-ring (bicyclic) bond motifs is 1. The Bertz CT molecular complexity index is 1380. The Hall–Kier alpha value is -4.10. The number of aromatic nitrogens is 1. The number of para-hydroxylation sites is 1. The van der Waals surface area contributed by atoms with Gasteiger partial charge in [0.2, 0.25) is 5.91 Å². The molecule has 4 aromatic rings. The van der Waals surface area contributed by atoms with Crippen molar-refractivity contribution in [3.8, 4) is 0 Å². The van der Waals surface area contributed by atoms with Gasteiger partial charge in [-0.2, -0.15) is 0 Å². The normalized spacial score (nSPS) is 16.4. The van der Waals surface area contributed by atoms with E-state index in [1.807, 2.05) is 72.9 Å². The number of rotatable bonds is 7. The predicted octanol–water partition coefficient (Wildman–Crippen LogP) is 4.19. The highest BCUT2D eigenvalue weighted by Crippen LogP contribution is 2.24. The number of halogens is 1.